The van der Waals surface area contributed by atoms with Crippen LogP contribution in [-0.4, -0.2) is 9.97 Å². The fraction of sp³-hybridized carbons (Fsp3) is 0.267. The predicted molar refractivity (Wildman–Crippen MR) is 80.3 cm³/mol. The zero-order valence-corrected chi connectivity index (χ0v) is 11.8. The van der Waals surface area contributed by atoms with Crippen molar-refractivity contribution in [3.8, 4) is 0 Å². The Labute approximate surface area is 116 Å². The van der Waals surface area contributed by atoms with Crippen LogP contribution in [0.25, 0.3) is 10.9 Å². The molecular formula is C15H17N3S. The summed E-state index contributed by atoms with van der Waals surface area (Å²) < 4.78 is 0. The molecule has 0 fully saturated rings. The van der Waals surface area contributed by atoms with Crippen molar-refractivity contribution < 1.29 is 0 Å². The molecule has 1 aromatic carbocycles. The number of nitrogens with one attached hydrogen (secondary N) is 2. The van der Waals surface area contributed by atoms with Gasteiger partial charge in [-0.2, -0.15) is 0 Å². The van der Waals surface area contributed by atoms with Crippen LogP contribution in [0.5, 0.6) is 0 Å². The lowest BCUT2D eigenvalue weighted by Crippen LogP contribution is -2.12. The van der Waals surface area contributed by atoms with Crippen molar-refractivity contribution in [2.45, 2.75) is 26.4 Å². The molecule has 2 heterocycles. The van der Waals surface area contributed by atoms with E-state index in [1.807, 2.05) is 12.4 Å². The topological polar surface area (TPSA) is 40.7 Å². The van der Waals surface area contributed by atoms with E-state index < -0.39 is 0 Å². The molecular weight excluding hydrogens is 254 g/mol. The number of aromatic amines is 1. The molecule has 0 amide bonds. The number of hydrogen-bond acceptors (Lipinski definition) is 3. The minimum Gasteiger partial charge on any atom is -0.361 e. The van der Waals surface area contributed by atoms with Crippen LogP contribution in [0, 0.1) is 0 Å². The third-order valence-electron chi connectivity index (χ3n) is 3.23. The van der Waals surface area contributed by atoms with E-state index in [9.17, 15) is 0 Å². The van der Waals surface area contributed by atoms with E-state index in [1.165, 1.54) is 21.3 Å². The number of fused-ring (bicyclic) bond motifs is 1. The molecule has 0 atom stereocenters. The van der Waals surface area contributed by atoms with Crippen molar-refractivity contribution in [1.29, 1.82) is 0 Å². The Morgan fingerprint density at radius 3 is 3.05 bits per heavy atom. The van der Waals surface area contributed by atoms with Gasteiger partial charge in [-0.05, 0) is 24.1 Å². The Morgan fingerprint density at radius 2 is 2.21 bits per heavy atom. The first kappa shape index (κ1) is 12.4. The van der Waals surface area contributed by atoms with Crippen LogP contribution in [0.1, 0.15) is 22.4 Å². The number of aromatic nitrogens is 2. The van der Waals surface area contributed by atoms with Crippen LogP contribution in [0.2, 0.25) is 0 Å². The Bertz CT molecular complexity index is 669. The first-order valence-electron chi connectivity index (χ1n) is 6.56. The maximum Gasteiger partial charge on any atom is 0.107 e. The number of benzene rings is 1. The van der Waals surface area contributed by atoms with Gasteiger partial charge in [-0.1, -0.05) is 19.1 Å². The molecule has 0 saturated carbocycles. The summed E-state index contributed by atoms with van der Waals surface area (Å²) in [6.45, 7) is 3.87. The summed E-state index contributed by atoms with van der Waals surface area (Å²) in [6.07, 6.45) is 5.04. The highest BCUT2D eigenvalue weighted by atomic mass is 32.1. The zero-order chi connectivity index (χ0) is 13.1. The largest absolute Gasteiger partial charge is 0.361 e. The van der Waals surface area contributed by atoms with E-state index in [4.69, 9.17) is 0 Å². The van der Waals surface area contributed by atoms with Gasteiger partial charge in [-0.15, -0.1) is 11.3 Å². The maximum atomic E-state index is 4.42. The molecule has 2 N–H and O–H groups in total. The number of hydrogen-bond donors (Lipinski definition) is 2. The Morgan fingerprint density at radius 1 is 1.26 bits per heavy atom. The molecule has 3 aromatic rings. The van der Waals surface area contributed by atoms with Crippen LogP contribution in [-0.2, 0) is 19.5 Å². The van der Waals surface area contributed by atoms with Crippen LogP contribution >= 0.6 is 11.3 Å². The van der Waals surface area contributed by atoms with Gasteiger partial charge in [0.2, 0.25) is 0 Å². The molecule has 19 heavy (non-hydrogen) atoms. The third kappa shape index (κ3) is 2.69. The monoisotopic (exact) mass is 271 g/mol. The zero-order valence-electron chi connectivity index (χ0n) is 10.9. The molecule has 0 aliphatic carbocycles. The lowest BCUT2D eigenvalue weighted by Gasteiger charge is -2.04. The van der Waals surface area contributed by atoms with Crippen molar-refractivity contribution in [2.75, 3.05) is 0 Å². The summed E-state index contributed by atoms with van der Waals surface area (Å²) >= 11 is 1.79. The number of thiazole rings is 1. The van der Waals surface area contributed by atoms with E-state index in [0.717, 1.165) is 24.5 Å². The normalized spacial score (nSPS) is 11.2. The van der Waals surface area contributed by atoms with Crippen LogP contribution < -0.4 is 5.32 Å². The number of rotatable bonds is 5. The first-order chi connectivity index (χ1) is 9.36. The Hall–Kier alpha value is -1.65. The molecule has 0 unspecified atom stereocenters. The number of aryl methyl sites for hydroxylation is 1. The lowest BCUT2D eigenvalue weighted by molar-refractivity contribution is 0.693. The van der Waals surface area contributed by atoms with Gasteiger partial charge < -0.3 is 10.3 Å². The SMILES string of the molecule is CCc1cnc(CNCc2cccc3[nH]ccc23)s1. The first-order valence-corrected chi connectivity index (χ1v) is 7.37. The van der Waals surface area contributed by atoms with Crippen molar-refractivity contribution in [1.82, 2.24) is 15.3 Å². The smallest absolute Gasteiger partial charge is 0.107 e. The van der Waals surface area contributed by atoms with E-state index in [2.05, 4.69) is 46.5 Å². The molecule has 0 bridgehead atoms. The van der Waals surface area contributed by atoms with Gasteiger partial charge in [0.1, 0.15) is 5.01 Å². The van der Waals surface area contributed by atoms with E-state index in [0.29, 0.717) is 0 Å². The highest BCUT2D eigenvalue weighted by Crippen LogP contribution is 2.17. The molecule has 3 nitrogen and oxygen atoms in total. The highest BCUT2D eigenvalue weighted by molar-refractivity contribution is 7.11. The van der Waals surface area contributed by atoms with Gasteiger partial charge in [0.05, 0.1) is 0 Å². The van der Waals surface area contributed by atoms with Crippen molar-refractivity contribution >= 4 is 22.2 Å². The van der Waals surface area contributed by atoms with Crippen molar-refractivity contribution in [2.24, 2.45) is 0 Å². The van der Waals surface area contributed by atoms with Crippen LogP contribution in [0.3, 0.4) is 0 Å². The van der Waals surface area contributed by atoms with Gasteiger partial charge in [0, 0.05) is 41.3 Å². The molecule has 3 rings (SSSR count). The molecule has 2 aromatic heterocycles. The molecule has 0 saturated heterocycles. The van der Waals surface area contributed by atoms with Gasteiger partial charge in [-0.25, -0.2) is 4.98 Å². The second-order valence-electron chi connectivity index (χ2n) is 4.53. The van der Waals surface area contributed by atoms with E-state index in [-0.39, 0.29) is 0 Å². The average molecular weight is 271 g/mol. The summed E-state index contributed by atoms with van der Waals surface area (Å²) in [4.78, 5) is 9.01. The molecule has 98 valence electrons. The van der Waals surface area contributed by atoms with Crippen LogP contribution in [0.15, 0.2) is 36.7 Å². The van der Waals surface area contributed by atoms with E-state index in [1.54, 1.807) is 11.3 Å². The Balaban J connectivity index is 1.64. The summed E-state index contributed by atoms with van der Waals surface area (Å²) in [5.41, 5.74) is 2.52. The lowest BCUT2D eigenvalue weighted by atomic mass is 10.1. The average Bonchev–Trinajstić information content (AvgIpc) is 3.07. The van der Waals surface area contributed by atoms with Gasteiger partial charge >= 0.3 is 0 Å². The van der Waals surface area contributed by atoms with Crippen molar-refractivity contribution in [3.63, 3.8) is 0 Å². The number of nitrogens with zero attached hydrogens (tertiary/aromatic N) is 1. The minimum absolute atomic E-state index is 0.839. The second kappa shape index (κ2) is 5.55. The summed E-state index contributed by atoms with van der Waals surface area (Å²) in [5.74, 6) is 0. The fourth-order valence-electron chi connectivity index (χ4n) is 2.20. The third-order valence-corrected chi connectivity index (χ3v) is 4.37. The molecule has 0 aliphatic rings. The summed E-state index contributed by atoms with van der Waals surface area (Å²) in [7, 11) is 0. The summed E-state index contributed by atoms with van der Waals surface area (Å²) in [5, 5.41) is 5.93. The fourth-order valence-corrected chi connectivity index (χ4v) is 3.03. The molecule has 0 radical (unpaired) electrons. The summed E-state index contributed by atoms with van der Waals surface area (Å²) in [6, 6.07) is 8.50. The van der Waals surface area contributed by atoms with Gasteiger partial charge in [0.15, 0.2) is 0 Å². The van der Waals surface area contributed by atoms with Crippen LogP contribution in [0.4, 0.5) is 0 Å². The number of H-pyrrole nitrogens is 1. The van der Waals surface area contributed by atoms with Gasteiger partial charge in [0.25, 0.3) is 0 Å². The molecule has 0 spiro atoms. The second-order valence-corrected chi connectivity index (χ2v) is 5.73. The molecule has 4 heteroatoms. The van der Waals surface area contributed by atoms with Gasteiger partial charge in [-0.3, -0.25) is 0 Å². The maximum absolute atomic E-state index is 4.42. The van der Waals surface area contributed by atoms with Crippen molar-refractivity contribution in [3.05, 3.63) is 52.1 Å². The van der Waals surface area contributed by atoms with E-state index >= 15 is 0 Å². The predicted octanol–water partition coefficient (Wildman–Crippen LogP) is 3.48. The highest BCUT2D eigenvalue weighted by Gasteiger charge is 2.03. The standard InChI is InChI=1S/C15H17N3S/c1-2-12-9-18-15(19-12)10-16-8-11-4-3-5-14-13(11)6-7-17-14/h3-7,9,16-17H,2,8,10H2,1H3. The molecule has 0 aliphatic heterocycles. The minimum atomic E-state index is 0.839. The quantitative estimate of drug-likeness (QED) is 0.746. The Kier molecular flexibility index (Phi) is 3.62.